The summed E-state index contributed by atoms with van der Waals surface area (Å²) in [6.45, 7) is 0. The molecule has 2 aromatic carbocycles. The molecule has 162 valence electrons. The minimum Gasteiger partial charge on any atom is -0.493 e. The molecule has 2 rings (SSSR count). The quantitative estimate of drug-likeness (QED) is 0.632. The van der Waals surface area contributed by atoms with Crippen molar-refractivity contribution in [3.63, 3.8) is 0 Å². The topological polar surface area (TPSA) is 95.8 Å². The van der Waals surface area contributed by atoms with Crippen molar-refractivity contribution in [2.45, 2.75) is 12.2 Å². The summed E-state index contributed by atoms with van der Waals surface area (Å²) < 4.78 is 31.7. The number of aliphatic hydroxyl groups is 2. The van der Waals surface area contributed by atoms with E-state index >= 15 is 0 Å². The van der Waals surface area contributed by atoms with Crippen molar-refractivity contribution in [2.24, 2.45) is 0 Å². The number of benzene rings is 2. The molecule has 8 heteroatoms. The van der Waals surface area contributed by atoms with Crippen molar-refractivity contribution >= 4 is 0 Å². The predicted molar refractivity (Wildman–Crippen MR) is 110 cm³/mol. The van der Waals surface area contributed by atoms with E-state index in [1.165, 1.54) is 42.7 Å². The highest BCUT2D eigenvalue weighted by atomic mass is 16.5. The molecular formula is C22H26O8. The number of methoxy groups -OCH3 is 6. The monoisotopic (exact) mass is 418 g/mol. The van der Waals surface area contributed by atoms with Crippen LogP contribution >= 0.6 is 0 Å². The molecule has 0 radical (unpaired) electrons. The third-order valence-electron chi connectivity index (χ3n) is 4.36. The van der Waals surface area contributed by atoms with Crippen LogP contribution in [0.5, 0.6) is 34.5 Å². The number of hydrogen-bond donors (Lipinski definition) is 2. The van der Waals surface area contributed by atoms with Crippen LogP contribution in [0.3, 0.4) is 0 Å². The molecule has 2 unspecified atom stereocenters. The summed E-state index contributed by atoms with van der Waals surface area (Å²) in [6.07, 6.45) is -2.40. The highest BCUT2D eigenvalue weighted by molar-refractivity contribution is 5.56. The van der Waals surface area contributed by atoms with E-state index in [0.29, 0.717) is 45.6 Å². The Morgan fingerprint density at radius 1 is 0.533 bits per heavy atom. The van der Waals surface area contributed by atoms with E-state index < -0.39 is 12.2 Å². The lowest BCUT2D eigenvalue weighted by molar-refractivity contribution is 0.225. The first-order valence-electron chi connectivity index (χ1n) is 8.90. The normalized spacial score (nSPS) is 12.1. The average Bonchev–Trinajstić information content (AvgIpc) is 2.79. The van der Waals surface area contributed by atoms with Crippen LogP contribution in [-0.2, 0) is 0 Å². The number of ether oxygens (including phenoxy) is 6. The van der Waals surface area contributed by atoms with Gasteiger partial charge >= 0.3 is 0 Å². The van der Waals surface area contributed by atoms with Gasteiger partial charge < -0.3 is 38.6 Å². The summed E-state index contributed by atoms with van der Waals surface area (Å²) in [7, 11) is 8.90. The molecule has 0 amide bonds. The van der Waals surface area contributed by atoms with Crippen LogP contribution in [0, 0.1) is 11.8 Å². The van der Waals surface area contributed by atoms with Crippen molar-refractivity contribution in [1.82, 2.24) is 0 Å². The van der Waals surface area contributed by atoms with Crippen LogP contribution in [0.4, 0.5) is 0 Å². The first kappa shape index (κ1) is 23.0. The molecular weight excluding hydrogens is 392 g/mol. The van der Waals surface area contributed by atoms with Crippen molar-refractivity contribution in [3.05, 3.63) is 35.4 Å². The smallest absolute Gasteiger partial charge is 0.203 e. The fourth-order valence-electron chi connectivity index (χ4n) is 2.84. The molecule has 0 aromatic heterocycles. The molecule has 0 aliphatic heterocycles. The minimum atomic E-state index is -1.20. The van der Waals surface area contributed by atoms with Crippen LogP contribution < -0.4 is 28.4 Å². The van der Waals surface area contributed by atoms with Gasteiger partial charge in [-0.2, -0.15) is 0 Å². The summed E-state index contributed by atoms with van der Waals surface area (Å²) in [5.41, 5.74) is 0.850. The fraction of sp³-hybridized carbons (Fsp3) is 0.364. The lowest BCUT2D eigenvalue weighted by Crippen LogP contribution is -2.02. The summed E-state index contributed by atoms with van der Waals surface area (Å²) in [4.78, 5) is 0. The second-order valence-electron chi connectivity index (χ2n) is 6.01. The van der Waals surface area contributed by atoms with Gasteiger partial charge in [-0.25, -0.2) is 0 Å². The Morgan fingerprint density at radius 2 is 0.800 bits per heavy atom. The van der Waals surface area contributed by atoms with Crippen molar-refractivity contribution in [2.75, 3.05) is 42.7 Å². The molecule has 2 N–H and O–H groups in total. The number of rotatable bonds is 8. The molecule has 30 heavy (non-hydrogen) atoms. The van der Waals surface area contributed by atoms with E-state index in [4.69, 9.17) is 28.4 Å². The molecule has 0 bridgehead atoms. The molecule has 0 aliphatic rings. The maximum atomic E-state index is 10.5. The van der Waals surface area contributed by atoms with Gasteiger partial charge in [0.1, 0.15) is 12.2 Å². The van der Waals surface area contributed by atoms with Gasteiger partial charge in [0, 0.05) is 11.1 Å². The maximum absolute atomic E-state index is 10.5. The minimum absolute atomic E-state index is 0.387. The highest BCUT2D eigenvalue weighted by Crippen LogP contribution is 2.41. The summed E-state index contributed by atoms with van der Waals surface area (Å²) >= 11 is 0. The third kappa shape index (κ3) is 4.82. The molecule has 2 atom stereocenters. The van der Waals surface area contributed by atoms with Gasteiger partial charge in [-0.05, 0) is 24.3 Å². The van der Waals surface area contributed by atoms with Crippen LogP contribution in [0.2, 0.25) is 0 Å². The summed E-state index contributed by atoms with van der Waals surface area (Å²) in [5.74, 6) is 7.62. The summed E-state index contributed by atoms with van der Waals surface area (Å²) in [5, 5.41) is 21.0. The fourth-order valence-corrected chi connectivity index (χ4v) is 2.84. The Balaban J connectivity index is 2.36. The summed E-state index contributed by atoms with van der Waals surface area (Å²) in [6, 6.07) is 6.36. The first-order valence-corrected chi connectivity index (χ1v) is 8.90. The lowest BCUT2D eigenvalue weighted by atomic mass is 10.1. The van der Waals surface area contributed by atoms with Crippen molar-refractivity contribution in [1.29, 1.82) is 0 Å². The standard InChI is InChI=1S/C22H26O8/c1-25-17-9-13(10-18(26-2)21(17)29-5)15(23)7-8-16(24)14-11-19(27-3)22(30-6)20(12-14)28-4/h9-12,15-16,23-24H,1-6H3. The van der Waals surface area contributed by atoms with Gasteiger partial charge in [-0.3, -0.25) is 0 Å². The zero-order valence-corrected chi connectivity index (χ0v) is 17.8. The molecule has 0 saturated heterocycles. The van der Waals surface area contributed by atoms with Crippen LogP contribution in [0.15, 0.2) is 24.3 Å². The van der Waals surface area contributed by atoms with E-state index in [-0.39, 0.29) is 0 Å². The number of hydrogen-bond acceptors (Lipinski definition) is 8. The van der Waals surface area contributed by atoms with Crippen LogP contribution in [0.1, 0.15) is 23.3 Å². The van der Waals surface area contributed by atoms with Gasteiger partial charge in [-0.15, -0.1) is 0 Å². The van der Waals surface area contributed by atoms with Crippen molar-refractivity contribution in [3.8, 4) is 46.3 Å². The van der Waals surface area contributed by atoms with E-state index in [1.54, 1.807) is 24.3 Å². The van der Waals surface area contributed by atoms with E-state index in [9.17, 15) is 10.2 Å². The molecule has 0 fully saturated rings. The highest BCUT2D eigenvalue weighted by Gasteiger charge is 2.18. The Labute approximate surface area is 175 Å². The van der Waals surface area contributed by atoms with Crippen LogP contribution in [-0.4, -0.2) is 52.9 Å². The van der Waals surface area contributed by atoms with Gasteiger partial charge in [0.2, 0.25) is 11.5 Å². The maximum Gasteiger partial charge on any atom is 0.203 e. The van der Waals surface area contributed by atoms with Gasteiger partial charge in [0.15, 0.2) is 23.0 Å². The Hall–Kier alpha value is -3.28. The Bertz CT molecular complexity index is 805. The molecule has 0 spiro atoms. The third-order valence-corrected chi connectivity index (χ3v) is 4.36. The van der Waals surface area contributed by atoms with E-state index in [2.05, 4.69) is 11.8 Å². The van der Waals surface area contributed by atoms with Gasteiger partial charge in [0.25, 0.3) is 0 Å². The molecule has 0 aliphatic carbocycles. The van der Waals surface area contributed by atoms with Crippen molar-refractivity contribution < 1.29 is 38.6 Å². The second-order valence-corrected chi connectivity index (χ2v) is 6.01. The molecule has 0 heterocycles. The SMILES string of the molecule is COc1cc(C(O)C#CC(O)c2cc(OC)c(OC)c(OC)c2)cc(OC)c1OC. The Morgan fingerprint density at radius 3 is 1.00 bits per heavy atom. The second kappa shape index (κ2) is 10.5. The van der Waals surface area contributed by atoms with E-state index in [0.717, 1.165) is 0 Å². The largest absolute Gasteiger partial charge is 0.493 e. The number of aliphatic hydroxyl groups excluding tert-OH is 2. The lowest BCUT2D eigenvalue weighted by Gasteiger charge is -2.15. The average molecular weight is 418 g/mol. The molecule has 8 nitrogen and oxygen atoms in total. The zero-order chi connectivity index (χ0) is 22.3. The van der Waals surface area contributed by atoms with Gasteiger partial charge in [-0.1, -0.05) is 11.8 Å². The molecule has 2 aromatic rings. The van der Waals surface area contributed by atoms with Crippen LogP contribution in [0.25, 0.3) is 0 Å². The molecule has 0 saturated carbocycles. The van der Waals surface area contributed by atoms with E-state index in [1.807, 2.05) is 0 Å². The predicted octanol–water partition coefficient (Wildman–Crippen LogP) is 2.51. The Kier molecular flexibility index (Phi) is 8.04. The van der Waals surface area contributed by atoms with Gasteiger partial charge in [0.05, 0.1) is 42.7 Å². The zero-order valence-electron chi connectivity index (χ0n) is 17.8. The first-order chi connectivity index (χ1) is 14.4.